The monoisotopic (exact) mass is 1110 g/mol. The lowest BCUT2D eigenvalue weighted by Crippen LogP contribution is -2.32. The molecule has 0 fully saturated rings. The van der Waals surface area contributed by atoms with Crippen molar-refractivity contribution in [3.63, 3.8) is 0 Å². The van der Waals surface area contributed by atoms with Gasteiger partial charge in [-0.15, -0.1) is 0 Å². The molecule has 0 aromatic heterocycles. The number of carbonyl (C=O) groups is 4. The number of hydrogen-bond acceptors (Lipinski definition) is 18. The Morgan fingerprint density at radius 1 is 0.430 bits per heavy atom. The van der Waals surface area contributed by atoms with Crippen molar-refractivity contribution in [2.75, 3.05) is 89.1 Å². The van der Waals surface area contributed by atoms with E-state index in [4.69, 9.17) is 27.0 Å². The quantitative estimate of drug-likeness (QED) is 0.0124. The minimum absolute atomic E-state index is 0.0320. The first kappa shape index (κ1) is 63.2. The lowest BCUT2D eigenvalue weighted by Gasteiger charge is -2.20. The normalized spacial score (nSPS) is 11.5. The molecule has 0 aliphatic carbocycles. The summed E-state index contributed by atoms with van der Waals surface area (Å²) in [5, 5.41) is 37.8. The zero-order valence-electron chi connectivity index (χ0n) is 44.0. The summed E-state index contributed by atoms with van der Waals surface area (Å²) < 4.78 is 63.9. The molecule has 79 heavy (non-hydrogen) atoms. The molecule has 0 saturated heterocycles. The Kier molecular flexibility index (Phi) is 27.6. The molecule has 0 aliphatic heterocycles. The number of hydrogen-bond donors (Lipinski definition) is 8. The molecule has 0 heterocycles. The van der Waals surface area contributed by atoms with Gasteiger partial charge in [-0.05, 0) is 121 Å². The second-order valence-corrected chi connectivity index (χ2v) is 17.8. The third-order valence-corrected chi connectivity index (χ3v) is 11.3. The molecule has 8 N–H and O–H groups in total. The second-order valence-electron chi connectivity index (χ2n) is 17.0. The number of aliphatic hydroxyl groups excluding tert-OH is 2. The fraction of sp³-hybridized carbons (Fsp3) is 0.286. The van der Waals surface area contributed by atoms with E-state index in [1.54, 1.807) is 0 Å². The van der Waals surface area contributed by atoms with Gasteiger partial charge in [0.1, 0.15) is 36.9 Å². The van der Waals surface area contributed by atoms with Gasteiger partial charge in [0, 0.05) is 58.1 Å². The Labute approximate surface area is 459 Å². The minimum Gasteiger partial charge on any atom is -0.759 e. The summed E-state index contributed by atoms with van der Waals surface area (Å²) >= 11 is 0. The summed E-state index contributed by atoms with van der Waals surface area (Å²) in [6.45, 7) is 2.48. The Balaban J connectivity index is 0.000000313. The van der Waals surface area contributed by atoms with Crippen molar-refractivity contribution in [1.82, 2.24) is 10.6 Å². The van der Waals surface area contributed by atoms with Crippen LogP contribution in [0.25, 0.3) is 0 Å². The van der Waals surface area contributed by atoms with Gasteiger partial charge in [-0.1, -0.05) is 84.9 Å². The molecule has 0 radical (unpaired) electrons. The van der Waals surface area contributed by atoms with E-state index in [1.165, 1.54) is 28.4 Å². The standard InChI is InChI=1S/2C28H33N3O6.H2O4S/c2*1-35-27(33)30-22-12-8-20(9-13-22)26(21-10-14-23(15-11-21)31-28(34)36-2)16-17-29-18-24(32)19-37-25-6-4-3-5-7-25;1-5(2,3)4/h2*3-15,24,26,29,32H,16-19H2,1-2H3,(H,30,33)(H,31,34);(H2,1,2,3,4)/p-2/t2*24-;/m00./s1. The first-order valence-electron chi connectivity index (χ1n) is 24.6. The van der Waals surface area contributed by atoms with Crippen LogP contribution in [-0.4, -0.2) is 132 Å². The Hall–Kier alpha value is -8.29. The van der Waals surface area contributed by atoms with Gasteiger partial charge >= 0.3 is 24.4 Å². The summed E-state index contributed by atoms with van der Waals surface area (Å²) in [5.74, 6) is 1.50. The number of anilines is 4. The van der Waals surface area contributed by atoms with Crippen LogP contribution < -0.4 is 41.4 Å². The Morgan fingerprint density at radius 3 is 0.899 bits per heavy atom. The van der Waals surface area contributed by atoms with Gasteiger partial charge in [-0.25, -0.2) is 19.2 Å². The molecule has 6 rings (SSSR count). The summed E-state index contributed by atoms with van der Waals surface area (Å²) in [4.78, 5) is 46.0. The molecule has 0 unspecified atom stereocenters. The number of para-hydroxylation sites is 2. The Bertz CT molecular complexity index is 2520. The highest BCUT2D eigenvalue weighted by molar-refractivity contribution is 7.79. The lowest BCUT2D eigenvalue weighted by molar-refractivity contribution is 0.106. The van der Waals surface area contributed by atoms with E-state index in [1.807, 2.05) is 158 Å². The van der Waals surface area contributed by atoms with Gasteiger partial charge in [0.05, 0.1) is 28.4 Å². The number of rotatable bonds is 24. The van der Waals surface area contributed by atoms with Gasteiger partial charge in [0.25, 0.3) is 0 Å². The van der Waals surface area contributed by atoms with E-state index < -0.39 is 47.0 Å². The highest BCUT2D eigenvalue weighted by Crippen LogP contribution is 2.31. The average molecular weight is 1110 g/mol. The number of nitrogens with one attached hydrogen (secondary N) is 6. The SMILES string of the molecule is COC(=O)Nc1ccc(C(CCNC[C@H](O)COc2ccccc2)c2ccc(NC(=O)OC)cc2)cc1.COC(=O)Nc1ccc(C(CCNC[C@H](O)COc2ccccc2)c2ccc(NC(=O)OC)cc2)cc1.O=S(=O)([O-])[O-]. The van der Waals surface area contributed by atoms with Crippen molar-refractivity contribution >= 4 is 57.5 Å². The fourth-order valence-electron chi connectivity index (χ4n) is 7.49. The van der Waals surface area contributed by atoms with Gasteiger partial charge in [0.15, 0.2) is 0 Å². The van der Waals surface area contributed by atoms with Gasteiger partial charge in [-0.3, -0.25) is 29.7 Å². The van der Waals surface area contributed by atoms with Crippen molar-refractivity contribution in [1.29, 1.82) is 0 Å². The summed E-state index contributed by atoms with van der Waals surface area (Å²) in [5.41, 5.74) is 6.74. The molecule has 0 aliphatic rings. The van der Waals surface area contributed by atoms with Crippen LogP contribution in [0, 0.1) is 0 Å². The zero-order valence-corrected chi connectivity index (χ0v) is 44.8. The van der Waals surface area contributed by atoms with Crippen LogP contribution in [0.4, 0.5) is 41.9 Å². The number of aliphatic hydroxyl groups is 2. The van der Waals surface area contributed by atoms with Crippen LogP contribution in [0.15, 0.2) is 158 Å². The number of amides is 4. The summed E-state index contributed by atoms with van der Waals surface area (Å²) in [6, 6.07) is 49.0. The highest BCUT2D eigenvalue weighted by atomic mass is 32.3. The molecule has 424 valence electrons. The maximum atomic E-state index is 11.5. The molecule has 0 saturated carbocycles. The third-order valence-electron chi connectivity index (χ3n) is 11.3. The first-order valence-corrected chi connectivity index (χ1v) is 25.9. The van der Waals surface area contributed by atoms with Crippen molar-refractivity contribution in [3.05, 3.63) is 180 Å². The van der Waals surface area contributed by atoms with Gasteiger partial charge in [-0.2, -0.15) is 0 Å². The summed E-state index contributed by atoms with van der Waals surface area (Å²) in [7, 11) is 0.0960. The van der Waals surface area contributed by atoms with E-state index in [0.717, 1.165) is 46.6 Å². The average Bonchev–Trinajstić information content (AvgIpc) is 3.46. The van der Waals surface area contributed by atoms with E-state index in [0.29, 0.717) is 48.9 Å². The van der Waals surface area contributed by atoms with E-state index in [2.05, 4.69) is 50.8 Å². The van der Waals surface area contributed by atoms with Crippen LogP contribution >= 0.6 is 0 Å². The van der Waals surface area contributed by atoms with Gasteiger partial charge in [0.2, 0.25) is 0 Å². The summed E-state index contributed by atoms with van der Waals surface area (Å²) in [6.07, 6.45) is -1.92. The van der Waals surface area contributed by atoms with Crippen LogP contribution in [0.5, 0.6) is 11.5 Å². The smallest absolute Gasteiger partial charge is 0.411 e. The van der Waals surface area contributed by atoms with Gasteiger partial charge < -0.3 is 58.4 Å². The number of methoxy groups -OCH3 is 4. The molecule has 23 heteroatoms. The number of benzene rings is 6. The first-order chi connectivity index (χ1) is 38.0. The molecular formula is C56H66N6O16S-2. The van der Waals surface area contributed by atoms with Crippen molar-refractivity contribution in [2.24, 2.45) is 0 Å². The number of ether oxygens (including phenoxy) is 6. The molecule has 0 bridgehead atoms. The largest absolute Gasteiger partial charge is 0.759 e. The van der Waals surface area contributed by atoms with Crippen molar-refractivity contribution in [3.8, 4) is 11.5 Å². The topological polar surface area (TPSA) is 317 Å². The van der Waals surface area contributed by atoms with Crippen molar-refractivity contribution < 1.29 is 75.3 Å². The Morgan fingerprint density at radius 2 is 0.671 bits per heavy atom. The molecule has 0 spiro atoms. The predicted octanol–water partition coefficient (Wildman–Crippen LogP) is 7.85. The predicted molar refractivity (Wildman–Crippen MR) is 295 cm³/mol. The molecule has 4 amide bonds. The van der Waals surface area contributed by atoms with E-state index in [-0.39, 0.29) is 25.0 Å². The van der Waals surface area contributed by atoms with Crippen molar-refractivity contribution in [2.45, 2.75) is 36.9 Å². The molecular weight excluding hydrogens is 1040 g/mol. The molecule has 2 atom stereocenters. The zero-order chi connectivity index (χ0) is 57.4. The number of carbonyl (C=O) groups excluding carboxylic acids is 4. The van der Waals surface area contributed by atoms with E-state index >= 15 is 0 Å². The third kappa shape index (κ3) is 25.6. The van der Waals surface area contributed by atoms with Crippen LogP contribution in [0.1, 0.15) is 46.9 Å². The van der Waals surface area contributed by atoms with Crippen LogP contribution in [0.2, 0.25) is 0 Å². The van der Waals surface area contributed by atoms with Crippen LogP contribution in [0.3, 0.4) is 0 Å². The molecule has 6 aromatic carbocycles. The highest BCUT2D eigenvalue weighted by Gasteiger charge is 2.18. The fourth-order valence-corrected chi connectivity index (χ4v) is 7.49. The maximum absolute atomic E-state index is 11.5. The molecule has 22 nitrogen and oxygen atoms in total. The molecule has 6 aromatic rings. The van der Waals surface area contributed by atoms with Crippen LogP contribution in [-0.2, 0) is 29.3 Å². The lowest BCUT2D eigenvalue weighted by atomic mass is 9.88. The maximum Gasteiger partial charge on any atom is 0.411 e. The second kappa shape index (κ2) is 34.5. The van der Waals surface area contributed by atoms with E-state index in [9.17, 15) is 29.4 Å². The minimum atomic E-state index is -5.17.